The Kier molecular flexibility index (Phi) is 12.7. The zero-order valence-electron chi connectivity index (χ0n) is 23.7. The molecule has 0 unspecified atom stereocenters. The summed E-state index contributed by atoms with van der Waals surface area (Å²) in [4.78, 5) is 29.0. The molecular weight excluding hydrogens is 498 g/mol. The first-order valence-electron chi connectivity index (χ1n) is 14.2. The van der Waals surface area contributed by atoms with Crippen LogP contribution in [0.1, 0.15) is 69.3 Å². The highest BCUT2D eigenvalue weighted by Crippen LogP contribution is 2.45. The summed E-state index contributed by atoms with van der Waals surface area (Å²) in [5.41, 5.74) is 0.825. The van der Waals surface area contributed by atoms with Crippen LogP contribution in [0.25, 0.3) is 0 Å². The van der Waals surface area contributed by atoms with E-state index in [0.717, 1.165) is 44.1 Å². The van der Waals surface area contributed by atoms with Crippen molar-refractivity contribution >= 4 is 11.9 Å². The van der Waals surface area contributed by atoms with Gasteiger partial charge in [0.25, 0.3) is 0 Å². The molecule has 1 aromatic carbocycles. The summed E-state index contributed by atoms with van der Waals surface area (Å²) in [5, 5.41) is 0. The van der Waals surface area contributed by atoms with Gasteiger partial charge in [-0.15, -0.1) is 6.58 Å². The first kappa shape index (κ1) is 30.5. The molecule has 1 aliphatic heterocycles. The number of carbonyl (C=O) groups is 2. The average molecular weight is 544 g/mol. The third-order valence-corrected chi connectivity index (χ3v) is 7.55. The van der Waals surface area contributed by atoms with Gasteiger partial charge in [0, 0.05) is 13.0 Å². The van der Waals surface area contributed by atoms with Crippen LogP contribution < -0.4 is 14.2 Å². The van der Waals surface area contributed by atoms with Crippen molar-refractivity contribution in [2.24, 2.45) is 5.92 Å². The lowest BCUT2D eigenvalue weighted by Gasteiger charge is -2.39. The number of methoxy groups -OCH3 is 2. The van der Waals surface area contributed by atoms with Gasteiger partial charge in [0.2, 0.25) is 11.7 Å². The minimum absolute atomic E-state index is 0.0284. The number of likely N-dealkylation sites (tertiary alicyclic amines) is 1. The normalized spacial score (nSPS) is 18.6. The third-order valence-electron chi connectivity index (χ3n) is 7.55. The topological polar surface area (TPSA) is 83.5 Å². The summed E-state index contributed by atoms with van der Waals surface area (Å²) in [5.74, 6) is 0.909. The van der Waals surface area contributed by atoms with Crippen LogP contribution in [-0.2, 0) is 19.1 Å². The smallest absolute Gasteiger partial charge is 0.329 e. The SMILES string of the molecule is C=CCOCCCOc1c(OC)cc([C@@H](C(=O)N2CCCC[C@H]2C(=O)OCC=C)C2CCCCC2)cc1OC. The highest BCUT2D eigenvalue weighted by molar-refractivity contribution is 5.89. The van der Waals surface area contributed by atoms with Gasteiger partial charge in [0.05, 0.1) is 40.0 Å². The Bertz CT molecular complexity index is 931. The summed E-state index contributed by atoms with van der Waals surface area (Å²) in [7, 11) is 3.18. The Labute approximate surface area is 233 Å². The number of rotatable bonds is 15. The van der Waals surface area contributed by atoms with E-state index in [-0.39, 0.29) is 24.4 Å². The number of benzene rings is 1. The fourth-order valence-electron chi connectivity index (χ4n) is 5.66. The van der Waals surface area contributed by atoms with Gasteiger partial charge < -0.3 is 28.6 Å². The Morgan fingerprint density at radius 3 is 2.26 bits per heavy atom. The summed E-state index contributed by atoms with van der Waals surface area (Å²) in [6.45, 7) is 9.45. The maximum Gasteiger partial charge on any atom is 0.329 e. The minimum Gasteiger partial charge on any atom is -0.493 e. The first-order valence-corrected chi connectivity index (χ1v) is 14.2. The van der Waals surface area contributed by atoms with Crippen LogP contribution in [0.4, 0.5) is 0 Å². The predicted molar refractivity (Wildman–Crippen MR) is 150 cm³/mol. The van der Waals surface area contributed by atoms with Gasteiger partial charge >= 0.3 is 5.97 Å². The zero-order chi connectivity index (χ0) is 28.0. The van der Waals surface area contributed by atoms with Crippen LogP contribution in [0.5, 0.6) is 17.2 Å². The summed E-state index contributed by atoms with van der Waals surface area (Å²) in [6, 6.07) is 3.23. The number of esters is 1. The summed E-state index contributed by atoms with van der Waals surface area (Å²) >= 11 is 0. The molecule has 2 fully saturated rings. The standard InChI is InChI=1S/C31H45NO7/c1-5-17-37-19-12-20-38-29-26(35-3)21-24(22-27(29)36-4)28(23-13-8-7-9-14-23)30(33)32-16-11-10-15-25(32)31(34)39-18-6-2/h5-6,21-23,25,28H,1-2,7-20H2,3-4H3/t25-,28-/m0/s1. The van der Waals surface area contributed by atoms with Crippen molar-refractivity contribution in [1.29, 1.82) is 0 Å². The Morgan fingerprint density at radius 2 is 1.62 bits per heavy atom. The molecule has 1 amide bonds. The molecular formula is C31H45NO7. The van der Waals surface area contributed by atoms with Crippen LogP contribution >= 0.6 is 0 Å². The molecule has 39 heavy (non-hydrogen) atoms. The fraction of sp³-hybridized carbons (Fsp3) is 0.613. The monoisotopic (exact) mass is 543 g/mol. The van der Waals surface area contributed by atoms with E-state index in [2.05, 4.69) is 13.2 Å². The second kappa shape index (κ2) is 16.2. The Balaban J connectivity index is 1.91. The molecule has 3 rings (SSSR count). The van der Waals surface area contributed by atoms with Crippen LogP contribution in [0.15, 0.2) is 37.4 Å². The molecule has 0 aromatic heterocycles. The molecule has 1 aliphatic carbocycles. The molecule has 1 saturated carbocycles. The summed E-state index contributed by atoms with van der Waals surface area (Å²) in [6.07, 6.45) is 11.6. The van der Waals surface area contributed by atoms with Crippen LogP contribution in [-0.4, -0.2) is 70.0 Å². The number of hydrogen-bond donors (Lipinski definition) is 0. The van der Waals surface area contributed by atoms with Gasteiger partial charge in [0.15, 0.2) is 11.5 Å². The predicted octanol–water partition coefficient (Wildman–Crippen LogP) is 5.45. The van der Waals surface area contributed by atoms with Crippen LogP contribution in [0.2, 0.25) is 0 Å². The van der Waals surface area contributed by atoms with E-state index in [0.29, 0.717) is 56.5 Å². The van der Waals surface area contributed by atoms with Crippen LogP contribution in [0, 0.1) is 5.92 Å². The quantitative estimate of drug-likeness (QED) is 0.165. The fourth-order valence-corrected chi connectivity index (χ4v) is 5.66. The highest BCUT2D eigenvalue weighted by atomic mass is 16.5. The maximum absolute atomic E-state index is 14.3. The minimum atomic E-state index is -0.577. The van der Waals surface area contributed by atoms with Gasteiger partial charge in [-0.05, 0) is 55.7 Å². The third kappa shape index (κ3) is 8.24. The van der Waals surface area contributed by atoms with E-state index in [1.807, 2.05) is 12.1 Å². The van der Waals surface area contributed by atoms with Crippen molar-refractivity contribution in [3.8, 4) is 17.2 Å². The molecule has 0 bridgehead atoms. The maximum atomic E-state index is 14.3. The average Bonchev–Trinajstić information content (AvgIpc) is 2.98. The van der Waals surface area contributed by atoms with E-state index in [1.165, 1.54) is 6.42 Å². The molecule has 0 spiro atoms. The number of nitrogens with zero attached hydrogens (tertiary/aromatic N) is 1. The second-order valence-corrected chi connectivity index (χ2v) is 10.2. The Hall–Kier alpha value is -3.00. The number of piperidine rings is 1. The molecule has 1 saturated heterocycles. The lowest BCUT2D eigenvalue weighted by Crippen LogP contribution is -2.51. The number of hydrogen-bond acceptors (Lipinski definition) is 7. The van der Waals surface area contributed by atoms with Crippen molar-refractivity contribution in [3.05, 3.63) is 43.0 Å². The van der Waals surface area contributed by atoms with Gasteiger partial charge in [-0.1, -0.05) is 38.0 Å². The number of ether oxygens (including phenoxy) is 5. The van der Waals surface area contributed by atoms with E-state index >= 15 is 0 Å². The molecule has 2 aliphatic rings. The van der Waals surface area contributed by atoms with Crippen molar-refractivity contribution in [2.75, 3.05) is 47.2 Å². The first-order chi connectivity index (χ1) is 19.0. The van der Waals surface area contributed by atoms with Gasteiger partial charge in [-0.3, -0.25) is 4.79 Å². The van der Waals surface area contributed by atoms with Gasteiger partial charge in [-0.25, -0.2) is 4.79 Å². The lowest BCUT2D eigenvalue weighted by molar-refractivity contribution is -0.157. The van der Waals surface area contributed by atoms with E-state index in [4.69, 9.17) is 23.7 Å². The largest absolute Gasteiger partial charge is 0.493 e. The molecule has 0 N–H and O–H groups in total. The van der Waals surface area contributed by atoms with E-state index in [9.17, 15) is 9.59 Å². The molecule has 1 aromatic rings. The number of amides is 1. The van der Waals surface area contributed by atoms with Gasteiger partial charge in [-0.2, -0.15) is 0 Å². The molecule has 8 heteroatoms. The molecule has 8 nitrogen and oxygen atoms in total. The lowest BCUT2D eigenvalue weighted by atomic mass is 9.75. The molecule has 216 valence electrons. The van der Waals surface area contributed by atoms with Crippen molar-refractivity contribution in [3.63, 3.8) is 0 Å². The summed E-state index contributed by atoms with van der Waals surface area (Å²) < 4.78 is 28.3. The van der Waals surface area contributed by atoms with E-state index in [1.54, 1.807) is 31.3 Å². The van der Waals surface area contributed by atoms with Crippen molar-refractivity contribution in [2.45, 2.75) is 69.7 Å². The van der Waals surface area contributed by atoms with Gasteiger partial charge in [0.1, 0.15) is 12.6 Å². The molecule has 2 atom stereocenters. The van der Waals surface area contributed by atoms with Crippen molar-refractivity contribution < 1.29 is 33.3 Å². The van der Waals surface area contributed by atoms with Crippen LogP contribution in [0.3, 0.4) is 0 Å². The van der Waals surface area contributed by atoms with E-state index < -0.39 is 12.0 Å². The number of carbonyl (C=O) groups excluding carboxylic acids is 2. The zero-order valence-corrected chi connectivity index (χ0v) is 23.7. The highest BCUT2D eigenvalue weighted by Gasteiger charge is 2.40. The molecule has 0 radical (unpaired) electrons. The Morgan fingerprint density at radius 1 is 0.949 bits per heavy atom. The van der Waals surface area contributed by atoms with Crippen molar-refractivity contribution in [1.82, 2.24) is 4.90 Å². The second-order valence-electron chi connectivity index (χ2n) is 10.2. The molecule has 1 heterocycles.